The number of benzene rings is 1. The van der Waals surface area contributed by atoms with Crippen LogP contribution in [0, 0.1) is 6.92 Å². The van der Waals surface area contributed by atoms with E-state index in [1.807, 2.05) is 18.2 Å². The predicted octanol–water partition coefficient (Wildman–Crippen LogP) is 2.54. The van der Waals surface area contributed by atoms with Gasteiger partial charge in [0.05, 0.1) is 12.9 Å². The summed E-state index contributed by atoms with van der Waals surface area (Å²) in [5.74, 6) is 0. The van der Waals surface area contributed by atoms with Crippen molar-refractivity contribution < 1.29 is 9.47 Å². The molecule has 0 aromatic heterocycles. The summed E-state index contributed by atoms with van der Waals surface area (Å²) in [6, 6.07) is 10.3. The Bertz CT molecular complexity index is 252. The van der Waals surface area contributed by atoms with Crippen LogP contribution < -0.4 is 0 Å². The molecular weight excluding hydrogens is 176 g/mol. The standard InChI is InChI=1S/C7H8.C5H8O2/c1-7-5-3-2-4-6-7;1-2-6-3-5-4-7-5/h2-6H,1H3;2,5H,1,3-4H2. The largest absolute Gasteiger partial charge is 0.499 e. The van der Waals surface area contributed by atoms with Crippen molar-refractivity contribution in [3.63, 3.8) is 0 Å². The molecule has 0 saturated carbocycles. The lowest BCUT2D eigenvalue weighted by molar-refractivity contribution is 0.213. The summed E-state index contributed by atoms with van der Waals surface area (Å²) in [5.41, 5.74) is 1.32. The highest BCUT2D eigenvalue weighted by molar-refractivity contribution is 5.11. The smallest absolute Gasteiger partial charge is 0.116 e. The maximum atomic E-state index is 4.84. The highest BCUT2D eigenvalue weighted by Crippen LogP contribution is 2.07. The Morgan fingerprint density at radius 3 is 2.50 bits per heavy atom. The molecule has 2 rings (SSSR count). The van der Waals surface area contributed by atoms with Gasteiger partial charge in [0.2, 0.25) is 0 Å². The lowest BCUT2D eigenvalue weighted by atomic mass is 10.2. The average Bonchev–Trinajstić information content (AvgIpc) is 3.00. The molecule has 1 heterocycles. The first-order valence-corrected chi connectivity index (χ1v) is 4.68. The van der Waals surface area contributed by atoms with Crippen LogP contribution in [0.4, 0.5) is 0 Å². The minimum absolute atomic E-state index is 0.359. The van der Waals surface area contributed by atoms with Gasteiger partial charge in [-0.2, -0.15) is 0 Å². The van der Waals surface area contributed by atoms with Gasteiger partial charge in [0.25, 0.3) is 0 Å². The fourth-order valence-electron chi connectivity index (χ4n) is 0.874. The molecule has 0 radical (unpaired) electrons. The van der Waals surface area contributed by atoms with Gasteiger partial charge in [0.1, 0.15) is 12.7 Å². The Hall–Kier alpha value is -1.28. The van der Waals surface area contributed by atoms with Crippen LogP contribution in [0.5, 0.6) is 0 Å². The third-order valence-corrected chi connectivity index (χ3v) is 1.74. The molecule has 2 heteroatoms. The maximum Gasteiger partial charge on any atom is 0.116 e. The average molecular weight is 192 g/mol. The number of ether oxygens (including phenoxy) is 2. The van der Waals surface area contributed by atoms with Crippen molar-refractivity contribution >= 4 is 0 Å². The zero-order chi connectivity index (χ0) is 10.2. The van der Waals surface area contributed by atoms with Gasteiger partial charge in [0.15, 0.2) is 0 Å². The summed E-state index contributed by atoms with van der Waals surface area (Å²) in [4.78, 5) is 0. The second kappa shape index (κ2) is 6.22. The first kappa shape index (κ1) is 10.8. The van der Waals surface area contributed by atoms with Crippen LogP contribution in [0.1, 0.15) is 5.56 Å². The second-order valence-corrected chi connectivity index (χ2v) is 3.11. The zero-order valence-electron chi connectivity index (χ0n) is 8.48. The summed E-state index contributed by atoms with van der Waals surface area (Å²) in [6.07, 6.45) is 1.79. The van der Waals surface area contributed by atoms with E-state index in [1.165, 1.54) is 11.8 Å². The number of aryl methyl sites for hydroxylation is 1. The van der Waals surface area contributed by atoms with Gasteiger partial charge < -0.3 is 9.47 Å². The number of epoxide rings is 1. The lowest BCUT2D eigenvalue weighted by Gasteiger charge is -1.90. The van der Waals surface area contributed by atoms with Gasteiger partial charge in [-0.3, -0.25) is 0 Å². The zero-order valence-corrected chi connectivity index (χ0v) is 8.48. The molecule has 0 bridgehead atoms. The van der Waals surface area contributed by atoms with E-state index in [4.69, 9.17) is 9.47 Å². The molecule has 0 amide bonds. The van der Waals surface area contributed by atoms with Crippen LogP contribution >= 0.6 is 0 Å². The second-order valence-electron chi connectivity index (χ2n) is 3.11. The van der Waals surface area contributed by atoms with E-state index in [1.54, 1.807) is 0 Å². The Morgan fingerprint density at radius 1 is 1.50 bits per heavy atom. The number of hydrogen-bond donors (Lipinski definition) is 0. The number of hydrogen-bond acceptors (Lipinski definition) is 2. The molecule has 0 spiro atoms. The van der Waals surface area contributed by atoms with E-state index in [0.29, 0.717) is 12.7 Å². The molecule has 1 aromatic carbocycles. The first-order chi connectivity index (χ1) is 6.83. The first-order valence-electron chi connectivity index (χ1n) is 4.68. The molecule has 0 aliphatic carbocycles. The van der Waals surface area contributed by atoms with Crippen molar-refractivity contribution in [1.82, 2.24) is 0 Å². The van der Waals surface area contributed by atoms with Crippen molar-refractivity contribution in [3.05, 3.63) is 48.7 Å². The third-order valence-electron chi connectivity index (χ3n) is 1.74. The molecule has 76 valence electrons. The Labute approximate surface area is 85.2 Å². The highest BCUT2D eigenvalue weighted by atomic mass is 16.6. The van der Waals surface area contributed by atoms with E-state index in [-0.39, 0.29) is 0 Å². The molecule has 1 aliphatic heterocycles. The quantitative estimate of drug-likeness (QED) is 0.542. The topological polar surface area (TPSA) is 21.8 Å². The summed E-state index contributed by atoms with van der Waals surface area (Å²) >= 11 is 0. The number of rotatable bonds is 3. The van der Waals surface area contributed by atoms with E-state index in [2.05, 4.69) is 25.6 Å². The van der Waals surface area contributed by atoms with Gasteiger partial charge in [-0.25, -0.2) is 0 Å². The van der Waals surface area contributed by atoms with Gasteiger partial charge >= 0.3 is 0 Å². The maximum absolute atomic E-state index is 4.84. The molecular formula is C12H16O2. The Kier molecular flexibility index (Phi) is 4.79. The van der Waals surface area contributed by atoms with Crippen molar-refractivity contribution in [2.75, 3.05) is 13.2 Å². The fraction of sp³-hybridized carbons (Fsp3) is 0.333. The SMILES string of the molecule is C=COCC1CO1.Cc1ccccc1. The van der Waals surface area contributed by atoms with E-state index in [9.17, 15) is 0 Å². The Morgan fingerprint density at radius 2 is 2.14 bits per heavy atom. The summed E-state index contributed by atoms with van der Waals surface area (Å²) < 4.78 is 9.63. The van der Waals surface area contributed by atoms with Gasteiger partial charge in [-0.15, -0.1) is 0 Å². The van der Waals surface area contributed by atoms with Crippen LogP contribution in [0.15, 0.2) is 43.2 Å². The van der Waals surface area contributed by atoms with Crippen molar-refractivity contribution in [1.29, 1.82) is 0 Å². The van der Waals surface area contributed by atoms with Crippen molar-refractivity contribution in [3.8, 4) is 0 Å². The van der Waals surface area contributed by atoms with Crippen LogP contribution in [0.3, 0.4) is 0 Å². The van der Waals surface area contributed by atoms with E-state index in [0.717, 1.165) is 6.61 Å². The molecule has 0 N–H and O–H groups in total. The van der Waals surface area contributed by atoms with Crippen LogP contribution in [-0.2, 0) is 9.47 Å². The molecule has 1 aromatic rings. The normalized spacial score (nSPS) is 17.6. The van der Waals surface area contributed by atoms with Crippen LogP contribution in [0.2, 0.25) is 0 Å². The molecule has 1 unspecified atom stereocenters. The summed E-state index contributed by atoms with van der Waals surface area (Å²) in [7, 11) is 0. The van der Waals surface area contributed by atoms with E-state index < -0.39 is 0 Å². The molecule has 1 saturated heterocycles. The molecule has 1 fully saturated rings. The summed E-state index contributed by atoms with van der Waals surface area (Å²) in [5, 5.41) is 0. The monoisotopic (exact) mass is 192 g/mol. The summed E-state index contributed by atoms with van der Waals surface area (Å²) in [6.45, 7) is 6.99. The molecule has 1 atom stereocenters. The van der Waals surface area contributed by atoms with Crippen LogP contribution in [0.25, 0.3) is 0 Å². The molecule has 14 heavy (non-hydrogen) atoms. The minimum atomic E-state index is 0.359. The third kappa shape index (κ3) is 5.38. The fourth-order valence-corrected chi connectivity index (χ4v) is 0.874. The highest BCUT2D eigenvalue weighted by Gasteiger charge is 2.21. The van der Waals surface area contributed by atoms with Crippen molar-refractivity contribution in [2.45, 2.75) is 13.0 Å². The molecule has 1 aliphatic rings. The lowest BCUT2D eigenvalue weighted by Crippen LogP contribution is -1.94. The minimum Gasteiger partial charge on any atom is -0.499 e. The van der Waals surface area contributed by atoms with Gasteiger partial charge in [-0.05, 0) is 6.92 Å². The van der Waals surface area contributed by atoms with Gasteiger partial charge in [0, 0.05) is 0 Å². The Balaban J connectivity index is 0.000000140. The molecule has 2 nitrogen and oxygen atoms in total. The predicted molar refractivity (Wildman–Crippen MR) is 57.1 cm³/mol. The van der Waals surface area contributed by atoms with E-state index >= 15 is 0 Å². The van der Waals surface area contributed by atoms with Crippen LogP contribution in [-0.4, -0.2) is 19.3 Å². The van der Waals surface area contributed by atoms with Crippen molar-refractivity contribution in [2.24, 2.45) is 0 Å². The van der Waals surface area contributed by atoms with Gasteiger partial charge in [-0.1, -0.05) is 42.5 Å².